The van der Waals surface area contributed by atoms with Gasteiger partial charge in [-0.3, -0.25) is 4.79 Å². The SMILES string of the molecule is O=C(c1nnn2c1CO[C@@H](c1ccc(Cl)cc1)C2)N1CCOCC1. The van der Waals surface area contributed by atoms with Gasteiger partial charge in [0, 0.05) is 18.1 Å². The Morgan fingerprint density at radius 2 is 1.96 bits per heavy atom. The molecule has 2 aromatic rings. The predicted molar refractivity (Wildman–Crippen MR) is 85.7 cm³/mol. The third-order valence-electron chi connectivity index (χ3n) is 4.34. The number of ether oxygens (including phenoxy) is 2. The summed E-state index contributed by atoms with van der Waals surface area (Å²) in [6.07, 6.45) is -0.122. The highest BCUT2D eigenvalue weighted by Gasteiger charge is 2.30. The molecule has 1 atom stereocenters. The number of rotatable bonds is 2. The molecule has 7 nitrogen and oxygen atoms in total. The molecule has 0 bridgehead atoms. The van der Waals surface area contributed by atoms with Crippen molar-refractivity contribution in [1.82, 2.24) is 19.9 Å². The Bertz CT molecular complexity index is 740. The minimum Gasteiger partial charge on any atom is -0.378 e. The number of halogens is 1. The predicted octanol–water partition coefficient (Wildman–Crippen LogP) is 1.68. The zero-order valence-electron chi connectivity index (χ0n) is 13.0. The van der Waals surface area contributed by atoms with Crippen LogP contribution in [0.15, 0.2) is 24.3 Å². The fourth-order valence-electron chi connectivity index (χ4n) is 2.97. The summed E-state index contributed by atoms with van der Waals surface area (Å²) in [7, 11) is 0. The van der Waals surface area contributed by atoms with E-state index in [9.17, 15) is 4.79 Å². The number of nitrogens with zero attached hydrogens (tertiary/aromatic N) is 4. The molecule has 1 saturated heterocycles. The average molecular weight is 349 g/mol. The van der Waals surface area contributed by atoms with Crippen molar-refractivity contribution in [2.24, 2.45) is 0 Å². The van der Waals surface area contributed by atoms with Gasteiger partial charge in [0.25, 0.3) is 5.91 Å². The summed E-state index contributed by atoms with van der Waals surface area (Å²) >= 11 is 5.92. The van der Waals surface area contributed by atoms with Gasteiger partial charge in [0.1, 0.15) is 6.10 Å². The highest BCUT2D eigenvalue weighted by atomic mass is 35.5. The molecule has 126 valence electrons. The molecule has 1 amide bonds. The maximum atomic E-state index is 12.6. The molecule has 1 fully saturated rings. The molecular weight excluding hydrogens is 332 g/mol. The fourth-order valence-corrected chi connectivity index (χ4v) is 3.10. The summed E-state index contributed by atoms with van der Waals surface area (Å²) in [5, 5.41) is 8.93. The first-order chi connectivity index (χ1) is 11.7. The van der Waals surface area contributed by atoms with E-state index in [1.165, 1.54) is 0 Å². The van der Waals surface area contributed by atoms with Crippen LogP contribution in [0, 0.1) is 0 Å². The van der Waals surface area contributed by atoms with Crippen molar-refractivity contribution >= 4 is 17.5 Å². The lowest BCUT2D eigenvalue weighted by Crippen LogP contribution is -2.41. The van der Waals surface area contributed by atoms with Crippen molar-refractivity contribution in [3.05, 3.63) is 46.2 Å². The number of amides is 1. The first kappa shape index (κ1) is 15.6. The smallest absolute Gasteiger partial charge is 0.276 e. The standard InChI is InChI=1S/C16H17ClN4O3/c17-12-3-1-11(2-4-12)14-9-21-13(10-24-14)15(18-19-21)16(22)20-5-7-23-8-6-20/h1-4,14H,5-10H2/t14-/m1/s1. The molecule has 2 aliphatic heterocycles. The van der Waals surface area contributed by atoms with Gasteiger partial charge < -0.3 is 14.4 Å². The molecule has 0 spiro atoms. The molecular formula is C16H17ClN4O3. The molecule has 1 aromatic heterocycles. The minimum atomic E-state index is -0.122. The maximum absolute atomic E-state index is 12.6. The van der Waals surface area contributed by atoms with E-state index in [1.54, 1.807) is 9.58 Å². The summed E-state index contributed by atoms with van der Waals surface area (Å²) in [4.78, 5) is 14.4. The summed E-state index contributed by atoms with van der Waals surface area (Å²) in [5.41, 5.74) is 2.14. The van der Waals surface area contributed by atoms with Gasteiger partial charge in [0.05, 0.1) is 32.1 Å². The van der Waals surface area contributed by atoms with E-state index >= 15 is 0 Å². The summed E-state index contributed by atoms with van der Waals surface area (Å²) < 4.78 is 13.0. The van der Waals surface area contributed by atoms with E-state index in [2.05, 4.69) is 10.3 Å². The number of morpholine rings is 1. The van der Waals surface area contributed by atoms with Crippen LogP contribution >= 0.6 is 11.6 Å². The van der Waals surface area contributed by atoms with E-state index in [0.29, 0.717) is 50.2 Å². The molecule has 4 rings (SSSR count). The number of benzene rings is 1. The van der Waals surface area contributed by atoms with Crippen molar-refractivity contribution in [2.75, 3.05) is 26.3 Å². The molecule has 0 aliphatic carbocycles. The van der Waals surface area contributed by atoms with E-state index in [1.807, 2.05) is 24.3 Å². The molecule has 3 heterocycles. The topological polar surface area (TPSA) is 69.5 Å². The number of hydrogen-bond acceptors (Lipinski definition) is 5. The number of hydrogen-bond donors (Lipinski definition) is 0. The second kappa shape index (κ2) is 6.51. The first-order valence-electron chi connectivity index (χ1n) is 7.89. The van der Waals surface area contributed by atoms with Crippen LogP contribution in [0.3, 0.4) is 0 Å². The number of carbonyl (C=O) groups is 1. The van der Waals surface area contributed by atoms with Crippen molar-refractivity contribution in [3.63, 3.8) is 0 Å². The van der Waals surface area contributed by atoms with Crippen LogP contribution < -0.4 is 0 Å². The lowest BCUT2D eigenvalue weighted by Gasteiger charge is -2.27. The van der Waals surface area contributed by atoms with Crippen molar-refractivity contribution in [2.45, 2.75) is 19.3 Å². The van der Waals surface area contributed by atoms with Crippen LogP contribution in [0.25, 0.3) is 0 Å². The Balaban J connectivity index is 1.53. The van der Waals surface area contributed by atoms with Crippen LogP contribution in [0.2, 0.25) is 5.02 Å². The van der Waals surface area contributed by atoms with Crippen molar-refractivity contribution in [1.29, 1.82) is 0 Å². The first-order valence-corrected chi connectivity index (χ1v) is 8.26. The average Bonchev–Trinajstić information content (AvgIpc) is 3.05. The van der Waals surface area contributed by atoms with Gasteiger partial charge in [-0.1, -0.05) is 28.9 Å². The van der Waals surface area contributed by atoms with Crippen LogP contribution in [0.5, 0.6) is 0 Å². The number of carbonyl (C=O) groups excluding carboxylic acids is 1. The molecule has 0 radical (unpaired) electrons. The third kappa shape index (κ3) is 2.90. The molecule has 24 heavy (non-hydrogen) atoms. The summed E-state index contributed by atoms with van der Waals surface area (Å²) in [5.74, 6) is -0.104. The van der Waals surface area contributed by atoms with Gasteiger partial charge >= 0.3 is 0 Å². The Kier molecular flexibility index (Phi) is 4.22. The summed E-state index contributed by atoms with van der Waals surface area (Å²) in [6.45, 7) is 3.12. The van der Waals surface area contributed by atoms with Crippen LogP contribution in [-0.2, 0) is 22.6 Å². The monoisotopic (exact) mass is 348 g/mol. The number of aromatic nitrogens is 3. The zero-order chi connectivity index (χ0) is 16.5. The van der Waals surface area contributed by atoms with Crippen LogP contribution in [-0.4, -0.2) is 52.1 Å². The van der Waals surface area contributed by atoms with E-state index in [-0.39, 0.29) is 12.0 Å². The molecule has 1 aromatic carbocycles. The minimum absolute atomic E-state index is 0.104. The Morgan fingerprint density at radius 1 is 1.21 bits per heavy atom. The van der Waals surface area contributed by atoms with E-state index in [4.69, 9.17) is 21.1 Å². The Morgan fingerprint density at radius 3 is 2.71 bits per heavy atom. The second-order valence-electron chi connectivity index (χ2n) is 5.82. The fraction of sp³-hybridized carbons (Fsp3) is 0.438. The number of fused-ring (bicyclic) bond motifs is 1. The largest absolute Gasteiger partial charge is 0.378 e. The molecule has 2 aliphatic rings. The zero-order valence-corrected chi connectivity index (χ0v) is 13.8. The van der Waals surface area contributed by atoms with Gasteiger partial charge in [-0.2, -0.15) is 0 Å². The molecule has 8 heteroatoms. The quantitative estimate of drug-likeness (QED) is 0.825. The van der Waals surface area contributed by atoms with Crippen LogP contribution in [0.1, 0.15) is 27.8 Å². The lowest BCUT2D eigenvalue weighted by atomic mass is 10.1. The van der Waals surface area contributed by atoms with Gasteiger partial charge in [0.15, 0.2) is 5.69 Å². The van der Waals surface area contributed by atoms with E-state index in [0.717, 1.165) is 11.3 Å². The van der Waals surface area contributed by atoms with Crippen LogP contribution in [0.4, 0.5) is 0 Å². The molecule has 0 N–H and O–H groups in total. The van der Waals surface area contributed by atoms with Crippen molar-refractivity contribution in [3.8, 4) is 0 Å². The highest BCUT2D eigenvalue weighted by Crippen LogP contribution is 2.28. The molecule has 0 unspecified atom stereocenters. The second-order valence-corrected chi connectivity index (χ2v) is 6.26. The third-order valence-corrected chi connectivity index (χ3v) is 4.59. The maximum Gasteiger partial charge on any atom is 0.276 e. The lowest BCUT2D eigenvalue weighted by molar-refractivity contribution is -0.00237. The Hall–Kier alpha value is -1.96. The molecule has 0 saturated carbocycles. The van der Waals surface area contributed by atoms with Gasteiger partial charge in [-0.15, -0.1) is 5.10 Å². The van der Waals surface area contributed by atoms with Gasteiger partial charge in [0.2, 0.25) is 0 Å². The summed E-state index contributed by atoms with van der Waals surface area (Å²) in [6, 6.07) is 7.55. The normalized spacial score (nSPS) is 20.7. The van der Waals surface area contributed by atoms with Gasteiger partial charge in [-0.25, -0.2) is 4.68 Å². The highest BCUT2D eigenvalue weighted by molar-refractivity contribution is 6.30. The van der Waals surface area contributed by atoms with Crippen molar-refractivity contribution < 1.29 is 14.3 Å². The Labute approximate surface area is 144 Å². The van der Waals surface area contributed by atoms with E-state index < -0.39 is 0 Å². The van der Waals surface area contributed by atoms with Gasteiger partial charge in [-0.05, 0) is 17.7 Å².